The molecular formula is C16H18N2O4S. The summed E-state index contributed by atoms with van der Waals surface area (Å²) < 4.78 is 5.41. The number of aryl methyl sites for hydroxylation is 1. The minimum atomic E-state index is -0.995. The van der Waals surface area contributed by atoms with Crippen LogP contribution in [0.4, 0.5) is 5.13 Å². The number of amides is 1. The number of ether oxygens (including phenoxy) is 1. The Bertz CT molecular complexity index is 695. The van der Waals surface area contributed by atoms with Crippen LogP contribution >= 0.6 is 11.3 Å². The second-order valence-corrected chi connectivity index (χ2v) is 6.03. The number of carbonyl (C=O) groups is 2. The van der Waals surface area contributed by atoms with Gasteiger partial charge in [-0.25, -0.2) is 4.98 Å². The molecule has 0 saturated heterocycles. The molecule has 6 nitrogen and oxygen atoms in total. The molecule has 0 aliphatic rings. The maximum absolute atomic E-state index is 11.7. The number of nitrogens with zero attached hydrogens (tertiary/aromatic N) is 1. The zero-order chi connectivity index (χ0) is 16.8. The van der Waals surface area contributed by atoms with Crippen molar-refractivity contribution in [2.45, 2.75) is 26.7 Å². The predicted octanol–water partition coefficient (Wildman–Crippen LogP) is 3.32. The van der Waals surface area contributed by atoms with Crippen molar-refractivity contribution in [3.8, 4) is 17.0 Å². The first kappa shape index (κ1) is 17.0. The van der Waals surface area contributed by atoms with Crippen LogP contribution in [-0.2, 0) is 9.59 Å². The van der Waals surface area contributed by atoms with Gasteiger partial charge < -0.3 is 15.2 Å². The predicted molar refractivity (Wildman–Crippen MR) is 89.0 cm³/mol. The maximum Gasteiger partial charge on any atom is 0.303 e. The van der Waals surface area contributed by atoms with Crippen LogP contribution in [0.15, 0.2) is 24.3 Å². The highest BCUT2D eigenvalue weighted by molar-refractivity contribution is 7.16. The Morgan fingerprint density at radius 1 is 1.26 bits per heavy atom. The molecule has 0 radical (unpaired) electrons. The van der Waals surface area contributed by atoms with Crippen LogP contribution in [-0.4, -0.2) is 28.6 Å². The first-order valence-electron chi connectivity index (χ1n) is 7.22. The number of nitrogens with one attached hydrogen (secondary N) is 1. The number of carboxylic acids is 1. The molecule has 0 atom stereocenters. The van der Waals surface area contributed by atoms with Crippen LogP contribution in [0.2, 0.25) is 0 Å². The summed E-state index contributed by atoms with van der Waals surface area (Å²) in [4.78, 5) is 27.5. The van der Waals surface area contributed by atoms with Crippen molar-refractivity contribution in [2.75, 3.05) is 11.9 Å². The van der Waals surface area contributed by atoms with Crippen LogP contribution in [0, 0.1) is 6.92 Å². The summed E-state index contributed by atoms with van der Waals surface area (Å²) in [5.41, 5.74) is 1.74. The number of aliphatic carboxylic acids is 1. The van der Waals surface area contributed by atoms with E-state index in [1.54, 1.807) is 0 Å². The van der Waals surface area contributed by atoms with E-state index in [1.165, 1.54) is 11.3 Å². The molecule has 0 saturated carbocycles. The molecule has 1 amide bonds. The van der Waals surface area contributed by atoms with Crippen LogP contribution < -0.4 is 10.1 Å². The van der Waals surface area contributed by atoms with Crippen LogP contribution in [0.1, 0.15) is 24.6 Å². The smallest absolute Gasteiger partial charge is 0.303 e. The van der Waals surface area contributed by atoms with Gasteiger partial charge in [0.1, 0.15) is 5.75 Å². The zero-order valence-electron chi connectivity index (χ0n) is 13.0. The Kier molecular flexibility index (Phi) is 5.70. The standard InChI is InChI=1S/C16H18N2O4S/c1-3-22-12-6-4-11(5-7-12)15-10(2)23-16(18-15)17-13(19)8-9-14(20)21/h4-7H,3,8-9H2,1-2H3,(H,20,21)(H,17,18,19). The van der Waals surface area contributed by atoms with E-state index in [2.05, 4.69) is 10.3 Å². The molecule has 0 aliphatic carbocycles. The molecule has 2 rings (SSSR count). The fourth-order valence-electron chi connectivity index (χ4n) is 2.00. The van der Waals surface area contributed by atoms with E-state index >= 15 is 0 Å². The molecule has 0 bridgehead atoms. The quantitative estimate of drug-likeness (QED) is 0.811. The molecular weight excluding hydrogens is 316 g/mol. The lowest BCUT2D eigenvalue weighted by Crippen LogP contribution is -2.12. The minimum Gasteiger partial charge on any atom is -0.494 e. The molecule has 0 spiro atoms. The number of thiazole rings is 1. The van der Waals surface area contributed by atoms with E-state index in [0.717, 1.165) is 21.9 Å². The minimum absolute atomic E-state index is 0.0631. The van der Waals surface area contributed by atoms with Crippen molar-refractivity contribution in [1.82, 2.24) is 4.98 Å². The zero-order valence-corrected chi connectivity index (χ0v) is 13.8. The third-order valence-electron chi connectivity index (χ3n) is 3.05. The van der Waals surface area contributed by atoms with E-state index in [4.69, 9.17) is 9.84 Å². The first-order chi connectivity index (χ1) is 11.0. The fourth-order valence-corrected chi connectivity index (χ4v) is 2.85. The third kappa shape index (κ3) is 4.79. The number of anilines is 1. The highest BCUT2D eigenvalue weighted by Gasteiger charge is 2.13. The lowest BCUT2D eigenvalue weighted by Gasteiger charge is -2.04. The number of hydrogen-bond acceptors (Lipinski definition) is 5. The molecule has 0 fully saturated rings. The summed E-state index contributed by atoms with van der Waals surface area (Å²) in [5.74, 6) is -0.545. The van der Waals surface area contributed by atoms with Crippen molar-refractivity contribution in [3.63, 3.8) is 0 Å². The van der Waals surface area contributed by atoms with Crippen LogP contribution in [0.5, 0.6) is 5.75 Å². The Morgan fingerprint density at radius 2 is 1.96 bits per heavy atom. The molecule has 2 aromatic rings. The molecule has 0 aliphatic heterocycles. The second-order valence-electron chi connectivity index (χ2n) is 4.82. The Morgan fingerprint density at radius 3 is 2.57 bits per heavy atom. The van der Waals surface area contributed by atoms with Crippen LogP contribution in [0.25, 0.3) is 11.3 Å². The molecule has 1 aromatic heterocycles. The van der Waals surface area contributed by atoms with Crippen molar-refractivity contribution < 1.29 is 19.4 Å². The van der Waals surface area contributed by atoms with Crippen molar-refractivity contribution >= 4 is 28.3 Å². The van der Waals surface area contributed by atoms with Crippen LogP contribution in [0.3, 0.4) is 0 Å². The number of rotatable bonds is 7. The number of aromatic nitrogens is 1. The van der Waals surface area contributed by atoms with Gasteiger partial charge in [0.25, 0.3) is 0 Å². The molecule has 1 aromatic carbocycles. The first-order valence-corrected chi connectivity index (χ1v) is 8.03. The number of benzene rings is 1. The molecule has 23 heavy (non-hydrogen) atoms. The normalized spacial score (nSPS) is 10.3. The highest BCUT2D eigenvalue weighted by atomic mass is 32.1. The van der Waals surface area contributed by atoms with E-state index < -0.39 is 5.97 Å². The van der Waals surface area contributed by atoms with Crippen molar-refractivity contribution in [1.29, 1.82) is 0 Å². The van der Waals surface area contributed by atoms with Gasteiger partial charge in [-0.1, -0.05) is 0 Å². The SMILES string of the molecule is CCOc1ccc(-c2nc(NC(=O)CCC(=O)O)sc2C)cc1. The fraction of sp³-hybridized carbons (Fsp3) is 0.312. The molecule has 7 heteroatoms. The Hall–Kier alpha value is -2.41. The van der Waals surface area contributed by atoms with Gasteiger partial charge in [-0.15, -0.1) is 11.3 Å². The Labute approximate surface area is 138 Å². The number of carboxylic acid groups (broad SMARTS) is 1. The van der Waals surface area contributed by atoms with Gasteiger partial charge in [0.15, 0.2) is 5.13 Å². The lowest BCUT2D eigenvalue weighted by atomic mass is 10.1. The molecule has 0 unspecified atom stereocenters. The van der Waals surface area contributed by atoms with Gasteiger partial charge in [-0.05, 0) is 38.1 Å². The summed E-state index contributed by atoms with van der Waals surface area (Å²) in [6, 6.07) is 7.59. The van der Waals surface area contributed by atoms with Crippen molar-refractivity contribution in [2.24, 2.45) is 0 Å². The summed E-state index contributed by atoms with van der Waals surface area (Å²) in [6.45, 7) is 4.47. The van der Waals surface area contributed by atoms with E-state index in [-0.39, 0.29) is 18.7 Å². The number of hydrogen-bond donors (Lipinski definition) is 2. The van der Waals surface area contributed by atoms with Gasteiger partial charge in [-0.3, -0.25) is 9.59 Å². The Balaban J connectivity index is 2.08. The monoisotopic (exact) mass is 334 g/mol. The summed E-state index contributed by atoms with van der Waals surface area (Å²) >= 11 is 1.36. The maximum atomic E-state index is 11.7. The summed E-state index contributed by atoms with van der Waals surface area (Å²) in [6.07, 6.45) is -0.256. The highest BCUT2D eigenvalue weighted by Crippen LogP contribution is 2.31. The van der Waals surface area contributed by atoms with Crippen molar-refractivity contribution in [3.05, 3.63) is 29.1 Å². The van der Waals surface area contributed by atoms with Gasteiger partial charge in [0.05, 0.1) is 18.7 Å². The third-order valence-corrected chi connectivity index (χ3v) is 3.93. The lowest BCUT2D eigenvalue weighted by molar-refractivity contribution is -0.138. The molecule has 2 N–H and O–H groups in total. The second kappa shape index (κ2) is 7.73. The van der Waals surface area contributed by atoms with E-state index in [0.29, 0.717) is 11.7 Å². The largest absolute Gasteiger partial charge is 0.494 e. The number of carbonyl (C=O) groups excluding carboxylic acids is 1. The molecule has 1 heterocycles. The van der Waals surface area contributed by atoms with Gasteiger partial charge in [0, 0.05) is 16.9 Å². The van der Waals surface area contributed by atoms with Gasteiger partial charge in [-0.2, -0.15) is 0 Å². The average molecular weight is 334 g/mol. The van der Waals surface area contributed by atoms with E-state index in [1.807, 2.05) is 38.1 Å². The van der Waals surface area contributed by atoms with Gasteiger partial charge in [0.2, 0.25) is 5.91 Å². The molecule has 122 valence electrons. The summed E-state index contributed by atoms with van der Waals surface area (Å²) in [5, 5.41) is 11.7. The topological polar surface area (TPSA) is 88.5 Å². The van der Waals surface area contributed by atoms with E-state index in [9.17, 15) is 9.59 Å². The van der Waals surface area contributed by atoms with Gasteiger partial charge >= 0.3 is 5.97 Å². The summed E-state index contributed by atoms with van der Waals surface area (Å²) in [7, 11) is 0. The average Bonchev–Trinajstić information content (AvgIpc) is 2.87.